The van der Waals surface area contributed by atoms with Crippen LogP contribution in [0.5, 0.6) is 0 Å². The van der Waals surface area contributed by atoms with Crippen LogP contribution in [0.15, 0.2) is 12.5 Å². The highest BCUT2D eigenvalue weighted by atomic mass is 32.1. The molecule has 2 aromatic heterocycles. The van der Waals surface area contributed by atoms with E-state index in [-0.39, 0.29) is 5.78 Å². The molecule has 5 heteroatoms. The first-order valence-electron chi connectivity index (χ1n) is 5.00. The molecule has 0 atom stereocenters. The topological polar surface area (TPSA) is 47.8 Å². The largest absolute Gasteiger partial charge is 0.340 e. The van der Waals surface area contributed by atoms with Gasteiger partial charge in [0.2, 0.25) is 0 Å². The van der Waals surface area contributed by atoms with Gasteiger partial charge >= 0.3 is 0 Å². The first-order valence-corrected chi connectivity index (χ1v) is 5.82. The van der Waals surface area contributed by atoms with Gasteiger partial charge in [-0.05, 0) is 13.8 Å². The number of carbonyl (C=O) groups is 1. The molecule has 0 saturated carbocycles. The number of Topliss-reactive ketones (excluding diaryl/α,β-unsaturated/α-hetero) is 1. The van der Waals surface area contributed by atoms with Gasteiger partial charge in [0.25, 0.3) is 0 Å². The zero-order chi connectivity index (χ0) is 11.7. The molecular formula is C11H13N3OS. The highest BCUT2D eigenvalue weighted by Crippen LogP contribution is 2.17. The van der Waals surface area contributed by atoms with Crippen molar-refractivity contribution in [2.24, 2.45) is 7.05 Å². The van der Waals surface area contributed by atoms with Gasteiger partial charge in [0.05, 0.1) is 18.4 Å². The van der Waals surface area contributed by atoms with Crippen LogP contribution >= 0.6 is 11.3 Å². The van der Waals surface area contributed by atoms with E-state index in [4.69, 9.17) is 0 Å². The predicted molar refractivity (Wildman–Crippen MR) is 62.8 cm³/mol. The quantitative estimate of drug-likeness (QED) is 0.764. The zero-order valence-corrected chi connectivity index (χ0v) is 10.3. The van der Waals surface area contributed by atoms with E-state index in [0.29, 0.717) is 12.1 Å². The average Bonchev–Trinajstić information content (AvgIpc) is 2.75. The van der Waals surface area contributed by atoms with Crippen LogP contribution in [0.2, 0.25) is 0 Å². The normalized spacial score (nSPS) is 10.7. The van der Waals surface area contributed by atoms with Crippen LogP contribution in [0.3, 0.4) is 0 Å². The molecule has 0 bridgehead atoms. The third-order valence-corrected chi connectivity index (χ3v) is 3.45. The number of thiazole rings is 1. The first-order chi connectivity index (χ1) is 7.56. The van der Waals surface area contributed by atoms with Crippen molar-refractivity contribution in [2.45, 2.75) is 20.3 Å². The third-order valence-electron chi connectivity index (χ3n) is 2.38. The molecule has 0 amide bonds. The summed E-state index contributed by atoms with van der Waals surface area (Å²) in [5.41, 5.74) is 1.52. The van der Waals surface area contributed by atoms with Crippen molar-refractivity contribution in [3.63, 3.8) is 0 Å². The molecule has 0 unspecified atom stereocenters. The molecule has 0 N–H and O–H groups in total. The van der Waals surface area contributed by atoms with E-state index in [1.54, 1.807) is 28.4 Å². The van der Waals surface area contributed by atoms with Gasteiger partial charge in [-0.3, -0.25) is 4.79 Å². The molecule has 0 saturated heterocycles. The Morgan fingerprint density at radius 1 is 1.50 bits per heavy atom. The second-order valence-corrected chi connectivity index (χ2v) is 5.06. The molecule has 0 aliphatic rings. The van der Waals surface area contributed by atoms with Crippen LogP contribution in [0.1, 0.15) is 26.1 Å². The predicted octanol–water partition coefficient (Wildman–Crippen LogP) is 1.92. The Kier molecular flexibility index (Phi) is 2.87. The van der Waals surface area contributed by atoms with Gasteiger partial charge in [-0.2, -0.15) is 0 Å². The molecule has 2 heterocycles. The van der Waals surface area contributed by atoms with Crippen molar-refractivity contribution in [2.75, 3.05) is 0 Å². The molecule has 16 heavy (non-hydrogen) atoms. The standard InChI is InChI=1S/C11H13N3OS/c1-7-8(2)16-11(13-7)4-10(15)9-5-14(3)6-12-9/h5-6H,4H2,1-3H3. The molecule has 0 fully saturated rings. The number of hydrogen-bond donors (Lipinski definition) is 0. The highest BCUT2D eigenvalue weighted by Gasteiger charge is 2.13. The summed E-state index contributed by atoms with van der Waals surface area (Å²) >= 11 is 1.58. The smallest absolute Gasteiger partial charge is 0.189 e. The van der Waals surface area contributed by atoms with Crippen molar-refractivity contribution < 1.29 is 4.79 Å². The minimum atomic E-state index is 0.0225. The minimum absolute atomic E-state index is 0.0225. The zero-order valence-electron chi connectivity index (χ0n) is 9.52. The number of aromatic nitrogens is 3. The Balaban J connectivity index is 2.13. The number of ketones is 1. The van der Waals surface area contributed by atoms with Crippen molar-refractivity contribution in [3.05, 3.63) is 33.8 Å². The molecule has 0 spiro atoms. The first kappa shape index (κ1) is 11.0. The summed E-state index contributed by atoms with van der Waals surface area (Å²) in [4.78, 5) is 21.4. The maximum atomic E-state index is 11.8. The van der Waals surface area contributed by atoms with Gasteiger partial charge in [0.15, 0.2) is 5.78 Å². The number of imidazole rings is 1. The summed E-state index contributed by atoms with van der Waals surface area (Å²) in [6.45, 7) is 3.97. The lowest BCUT2D eigenvalue weighted by Crippen LogP contribution is -2.03. The Labute approximate surface area is 98.0 Å². The summed E-state index contributed by atoms with van der Waals surface area (Å²) in [7, 11) is 1.85. The molecule has 2 aromatic rings. The minimum Gasteiger partial charge on any atom is -0.340 e. The van der Waals surface area contributed by atoms with Crippen molar-refractivity contribution in [1.82, 2.24) is 14.5 Å². The molecule has 0 radical (unpaired) electrons. The van der Waals surface area contributed by atoms with Crippen LogP contribution in [0.25, 0.3) is 0 Å². The maximum Gasteiger partial charge on any atom is 0.189 e. The van der Waals surface area contributed by atoms with Gasteiger partial charge in [0.1, 0.15) is 10.7 Å². The fourth-order valence-electron chi connectivity index (χ4n) is 1.40. The fraction of sp³-hybridized carbons (Fsp3) is 0.364. The summed E-state index contributed by atoms with van der Waals surface area (Å²) in [5.74, 6) is 0.0225. The Hall–Kier alpha value is -1.49. The van der Waals surface area contributed by atoms with Crippen LogP contribution < -0.4 is 0 Å². The van der Waals surface area contributed by atoms with E-state index < -0.39 is 0 Å². The molecule has 84 valence electrons. The highest BCUT2D eigenvalue weighted by molar-refractivity contribution is 7.11. The fourth-order valence-corrected chi connectivity index (χ4v) is 2.33. The number of carbonyl (C=O) groups excluding carboxylic acids is 1. The van der Waals surface area contributed by atoms with Gasteiger partial charge in [-0.15, -0.1) is 11.3 Å². The summed E-state index contributed by atoms with van der Waals surface area (Å²) < 4.78 is 1.77. The monoisotopic (exact) mass is 235 g/mol. The molecule has 0 aliphatic carbocycles. The number of hydrogen-bond acceptors (Lipinski definition) is 4. The van der Waals surface area contributed by atoms with Gasteiger partial charge in [-0.1, -0.05) is 0 Å². The SMILES string of the molecule is Cc1nc(CC(=O)c2cn(C)cn2)sc1C. The van der Waals surface area contributed by atoms with Gasteiger partial charge < -0.3 is 4.57 Å². The third kappa shape index (κ3) is 2.19. The summed E-state index contributed by atoms with van der Waals surface area (Å²) in [5, 5.41) is 0.866. The van der Waals surface area contributed by atoms with E-state index in [1.165, 1.54) is 4.88 Å². The van der Waals surface area contributed by atoms with Crippen LogP contribution in [0.4, 0.5) is 0 Å². The molecule has 2 rings (SSSR count). The van der Waals surface area contributed by atoms with Gasteiger partial charge in [-0.25, -0.2) is 9.97 Å². The lowest BCUT2D eigenvalue weighted by molar-refractivity contribution is 0.0988. The maximum absolute atomic E-state index is 11.8. The van der Waals surface area contributed by atoms with E-state index >= 15 is 0 Å². The molecule has 0 aromatic carbocycles. The summed E-state index contributed by atoms with van der Waals surface area (Å²) in [6.07, 6.45) is 3.71. The van der Waals surface area contributed by atoms with E-state index in [2.05, 4.69) is 9.97 Å². The van der Waals surface area contributed by atoms with E-state index in [9.17, 15) is 4.79 Å². The van der Waals surface area contributed by atoms with Gasteiger partial charge in [0, 0.05) is 18.1 Å². The Bertz CT molecular complexity index is 508. The van der Waals surface area contributed by atoms with E-state index in [0.717, 1.165) is 10.7 Å². The Morgan fingerprint density at radius 3 is 2.75 bits per heavy atom. The second-order valence-electron chi connectivity index (χ2n) is 3.77. The molecule has 0 aliphatic heterocycles. The Morgan fingerprint density at radius 2 is 2.25 bits per heavy atom. The summed E-state index contributed by atoms with van der Waals surface area (Å²) in [6, 6.07) is 0. The lowest BCUT2D eigenvalue weighted by atomic mass is 10.2. The van der Waals surface area contributed by atoms with E-state index in [1.807, 2.05) is 20.9 Å². The number of nitrogens with zero attached hydrogens (tertiary/aromatic N) is 3. The van der Waals surface area contributed by atoms with Crippen molar-refractivity contribution in [3.8, 4) is 0 Å². The van der Waals surface area contributed by atoms with Crippen molar-refractivity contribution in [1.29, 1.82) is 0 Å². The number of aryl methyl sites for hydroxylation is 3. The van der Waals surface area contributed by atoms with Crippen LogP contribution in [0, 0.1) is 13.8 Å². The molecule has 4 nitrogen and oxygen atoms in total. The second kappa shape index (κ2) is 4.17. The van der Waals surface area contributed by atoms with Crippen molar-refractivity contribution >= 4 is 17.1 Å². The molecular weight excluding hydrogens is 222 g/mol. The number of rotatable bonds is 3. The van der Waals surface area contributed by atoms with Crippen LogP contribution in [-0.4, -0.2) is 20.3 Å². The average molecular weight is 235 g/mol. The van der Waals surface area contributed by atoms with Crippen LogP contribution in [-0.2, 0) is 13.5 Å². The lowest BCUT2D eigenvalue weighted by Gasteiger charge is -1.92.